The summed E-state index contributed by atoms with van der Waals surface area (Å²) in [4.78, 5) is 8.43. The van der Waals surface area contributed by atoms with Crippen LogP contribution in [0.2, 0.25) is 0 Å². The van der Waals surface area contributed by atoms with Gasteiger partial charge in [0.2, 0.25) is 5.95 Å². The molecule has 15 heavy (non-hydrogen) atoms. The number of nitrogens with two attached hydrogens (primary N) is 1. The summed E-state index contributed by atoms with van der Waals surface area (Å²) in [6, 6.07) is 0. The van der Waals surface area contributed by atoms with Crippen molar-refractivity contribution in [1.82, 2.24) is 20.2 Å². The number of hydrazine groups is 1. The smallest absolute Gasteiger partial charge is 0.240 e. The molecule has 0 amide bonds. The van der Waals surface area contributed by atoms with Gasteiger partial charge in [0, 0.05) is 0 Å². The van der Waals surface area contributed by atoms with Crippen LogP contribution in [0.15, 0.2) is 11.2 Å². The Kier molecular flexibility index (Phi) is 3.02. The van der Waals surface area contributed by atoms with E-state index in [4.69, 9.17) is 5.84 Å². The molecule has 7 heteroatoms. The Hall–Kier alpha value is -1.34. The Labute approximate surface area is 91.0 Å². The van der Waals surface area contributed by atoms with Crippen LogP contribution in [0, 0.1) is 0 Å². The third-order valence-electron chi connectivity index (χ3n) is 1.85. The van der Waals surface area contributed by atoms with Gasteiger partial charge < -0.3 is 0 Å². The van der Waals surface area contributed by atoms with Gasteiger partial charge in [0.05, 0.1) is 11.6 Å². The van der Waals surface area contributed by atoms with Crippen LogP contribution in [0.1, 0.15) is 13.3 Å². The number of fused-ring (bicyclic) bond motifs is 1. The van der Waals surface area contributed by atoms with Gasteiger partial charge in [0.15, 0.2) is 5.65 Å². The minimum Gasteiger partial charge on any atom is -0.292 e. The van der Waals surface area contributed by atoms with Crippen LogP contribution in [0.3, 0.4) is 0 Å². The van der Waals surface area contributed by atoms with Crippen molar-refractivity contribution < 1.29 is 0 Å². The molecule has 0 spiro atoms. The molecule has 2 aromatic rings. The zero-order chi connectivity index (χ0) is 10.7. The summed E-state index contributed by atoms with van der Waals surface area (Å²) >= 11 is 1.68. The van der Waals surface area contributed by atoms with Gasteiger partial charge in [-0.1, -0.05) is 6.92 Å². The van der Waals surface area contributed by atoms with Crippen molar-refractivity contribution in [1.29, 1.82) is 0 Å². The van der Waals surface area contributed by atoms with E-state index < -0.39 is 0 Å². The van der Waals surface area contributed by atoms with Gasteiger partial charge in [-0.25, -0.2) is 10.8 Å². The molecule has 0 fully saturated rings. The van der Waals surface area contributed by atoms with E-state index in [1.807, 2.05) is 0 Å². The van der Waals surface area contributed by atoms with Gasteiger partial charge >= 0.3 is 0 Å². The molecule has 0 radical (unpaired) electrons. The number of thioether (sulfide) groups is 1. The highest BCUT2D eigenvalue weighted by molar-refractivity contribution is 7.99. The normalized spacial score (nSPS) is 10.8. The van der Waals surface area contributed by atoms with E-state index in [9.17, 15) is 0 Å². The average molecular weight is 224 g/mol. The number of aromatic nitrogens is 4. The molecule has 0 aliphatic carbocycles. The van der Waals surface area contributed by atoms with Crippen molar-refractivity contribution in [2.45, 2.75) is 18.4 Å². The fourth-order valence-corrected chi connectivity index (χ4v) is 2.04. The van der Waals surface area contributed by atoms with E-state index in [-0.39, 0.29) is 0 Å². The molecule has 2 rings (SSSR count). The quantitative estimate of drug-likeness (QED) is 0.312. The van der Waals surface area contributed by atoms with Gasteiger partial charge in [-0.3, -0.25) is 10.5 Å². The van der Waals surface area contributed by atoms with Crippen molar-refractivity contribution in [2.75, 3.05) is 11.2 Å². The Morgan fingerprint density at radius 2 is 2.40 bits per heavy atom. The van der Waals surface area contributed by atoms with E-state index in [0.717, 1.165) is 22.6 Å². The van der Waals surface area contributed by atoms with Crippen molar-refractivity contribution in [3.05, 3.63) is 6.20 Å². The van der Waals surface area contributed by atoms with Crippen molar-refractivity contribution >= 4 is 28.7 Å². The number of aromatic amines is 1. The molecule has 0 atom stereocenters. The Morgan fingerprint density at radius 1 is 1.53 bits per heavy atom. The summed E-state index contributed by atoms with van der Waals surface area (Å²) in [5.74, 6) is 6.71. The molecule has 6 nitrogen and oxygen atoms in total. The highest BCUT2D eigenvalue weighted by Crippen LogP contribution is 2.25. The number of rotatable bonds is 4. The van der Waals surface area contributed by atoms with Crippen LogP contribution < -0.4 is 11.3 Å². The van der Waals surface area contributed by atoms with Crippen molar-refractivity contribution in [3.8, 4) is 0 Å². The van der Waals surface area contributed by atoms with Crippen molar-refractivity contribution in [2.24, 2.45) is 5.84 Å². The van der Waals surface area contributed by atoms with Gasteiger partial charge in [0.25, 0.3) is 0 Å². The highest BCUT2D eigenvalue weighted by atomic mass is 32.2. The number of anilines is 1. The fraction of sp³-hybridized carbons (Fsp3) is 0.375. The molecule has 0 bridgehead atoms. The maximum atomic E-state index is 5.29. The number of nitrogens with zero attached hydrogens (tertiary/aromatic N) is 3. The van der Waals surface area contributed by atoms with Gasteiger partial charge in [-0.15, -0.1) is 11.8 Å². The SMILES string of the molecule is CCCSc1nc(NN)nc2[nH]ncc12. The predicted molar refractivity (Wildman–Crippen MR) is 60.5 cm³/mol. The first-order chi connectivity index (χ1) is 7.35. The lowest BCUT2D eigenvalue weighted by Gasteiger charge is -2.03. The van der Waals surface area contributed by atoms with Crippen LogP contribution >= 0.6 is 11.8 Å². The molecule has 0 unspecified atom stereocenters. The summed E-state index contributed by atoms with van der Waals surface area (Å²) in [6.45, 7) is 2.13. The van der Waals surface area contributed by atoms with Crippen LogP contribution in [-0.2, 0) is 0 Å². The average Bonchev–Trinajstić information content (AvgIpc) is 2.73. The minimum absolute atomic E-state index is 0.408. The first-order valence-corrected chi connectivity index (χ1v) is 5.64. The van der Waals surface area contributed by atoms with E-state index in [0.29, 0.717) is 11.6 Å². The lowest BCUT2D eigenvalue weighted by atomic mass is 10.4. The Morgan fingerprint density at radius 3 is 3.13 bits per heavy atom. The monoisotopic (exact) mass is 224 g/mol. The van der Waals surface area contributed by atoms with E-state index in [2.05, 4.69) is 32.5 Å². The molecule has 2 heterocycles. The number of nitrogen functional groups attached to an aromatic ring is 1. The maximum Gasteiger partial charge on any atom is 0.240 e. The number of hydrogen-bond acceptors (Lipinski definition) is 6. The topological polar surface area (TPSA) is 92.5 Å². The van der Waals surface area contributed by atoms with E-state index >= 15 is 0 Å². The fourth-order valence-electron chi connectivity index (χ4n) is 1.18. The summed E-state index contributed by atoms with van der Waals surface area (Å²) in [6.07, 6.45) is 2.83. The third kappa shape index (κ3) is 2.02. The van der Waals surface area contributed by atoms with Crippen molar-refractivity contribution in [3.63, 3.8) is 0 Å². The molecule has 0 aromatic carbocycles. The standard InChI is InChI=1S/C8H12N6S/c1-2-3-15-7-5-4-10-14-6(5)11-8(12-7)13-9/h4H,2-3,9H2,1H3,(H2,10,11,12,13,14). The second-order valence-corrected chi connectivity index (χ2v) is 4.06. The summed E-state index contributed by atoms with van der Waals surface area (Å²) < 4.78 is 0. The Bertz CT molecular complexity index is 453. The zero-order valence-corrected chi connectivity index (χ0v) is 9.14. The second kappa shape index (κ2) is 4.45. The first kappa shape index (κ1) is 10.2. The summed E-state index contributed by atoms with van der Waals surface area (Å²) in [5, 5.41) is 8.58. The molecule has 0 saturated heterocycles. The molecule has 4 N–H and O–H groups in total. The largest absolute Gasteiger partial charge is 0.292 e. The van der Waals surface area contributed by atoms with Crippen LogP contribution in [0.5, 0.6) is 0 Å². The Balaban J connectivity index is 2.43. The summed E-state index contributed by atoms with van der Waals surface area (Å²) in [7, 11) is 0. The van der Waals surface area contributed by atoms with E-state index in [1.54, 1.807) is 18.0 Å². The lowest BCUT2D eigenvalue weighted by Crippen LogP contribution is -2.10. The number of H-pyrrole nitrogens is 1. The van der Waals surface area contributed by atoms with Crippen LogP contribution in [-0.4, -0.2) is 25.9 Å². The zero-order valence-electron chi connectivity index (χ0n) is 8.32. The molecule has 0 saturated carbocycles. The van der Waals surface area contributed by atoms with Gasteiger partial charge in [-0.2, -0.15) is 10.1 Å². The van der Waals surface area contributed by atoms with E-state index in [1.165, 1.54) is 0 Å². The first-order valence-electron chi connectivity index (χ1n) is 4.65. The molecule has 80 valence electrons. The summed E-state index contributed by atoms with van der Waals surface area (Å²) in [5.41, 5.74) is 3.15. The molecular formula is C8H12N6S. The molecule has 0 aliphatic rings. The molecule has 2 aromatic heterocycles. The second-order valence-electron chi connectivity index (χ2n) is 2.98. The number of hydrogen-bond donors (Lipinski definition) is 3. The third-order valence-corrected chi connectivity index (χ3v) is 3.04. The highest BCUT2D eigenvalue weighted by Gasteiger charge is 2.08. The van der Waals surface area contributed by atoms with Crippen LogP contribution in [0.25, 0.3) is 11.0 Å². The van der Waals surface area contributed by atoms with Gasteiger partial charge in [0.1, 0.15) is 5.03 Å². The predicted octanol–water partition coefficient (Wildman–Crippen LogP) is 1.14. The maximum absolute atomic E-state index is 5.29. The lowest BCUT2D eigenvalue weighted by molar-refractivity contribution is 1.04. The number of nitrogens with one attached hydrogen (secondary N) is 2. The van der Waals surface area contributed by atoms with Gasteiger partial charge in [-0.05, 0) is 12.2 Å². The molecule has 0 aliphatic heterocycles. The molecular weight excluding hydrogens is 212 g/mol. The minimum atomic E-state index is 0.408. The van der Waals surface area contributed by atoms with Crippen LogP contribution in [0.4, 0.5) is 5.95 Å².